The zero-order valence-electron chi connectivity index (χ0n) is 8.30. The van der Waals surface area contributed by atoms with Crippen LogP contribution < -0.4 is 0 Å². The molecule has 0 aliphatic heterocycles. The lowest BCUT2D eigenvalue weighted by Crippen LogP contribution is -1.84. The summed E-state index contributed by atoms with van der Waals surface area (Å²) in [5.41, 5.74) is 1.43. The van der Waals surface area contributed by atoms with Gasteiger partial charge in [0.15, 0.2) is 11.6 Å². The number of imidazole rings is 1. The minimum Gasteiger partial charge on any atom is -0.338 e. The number of aromatic amines is 1. The molecular weight excluding hydrogens is 357 g/mol. The fourth-order valence-electron chi connectivity index (χ4n) is 1.59. The van der Waals surface area contributed by atoms with E-state index in [0.29, 0.717) is 11.3 Å². The van der Waals surface area contributed by atoms with Gasteiger partial charge in [-0.05, 0) is 40.8 Å². The maximum absolute atomic E-state index is 13.5. The molecule has 2 heterocycles. The molecule has 6 heteroatoms. The number of aromatic nitrogens is 2. The van der Waals surface area contributed by atoms with Crippen LogP contribution in [-0.2, 0) is 0 Å². The number of hydrogen-bond donors (Lipinski definition) is 1. The van der Waals surface area contributed by atoms with Crippen molar-refractivity contribution in [3.8, 4) is 11.4 Å². The predicted octanol–water partition coefficient (Wildman–Crippen LogP) is 4.17. The van der Waals surface area contributed by atoms with Crippen LogP contribution in [0.15, 0.2) is 23.6 Å². The van der Waals surface area contributed by atoms with Crippen LogP contribution >= 0.6 is 33.9 Å². The second kappa shape index (κ2) is 4.02. The Labute approximate surface area is 113 Å². The molecule has 0 saturated carbocycles. The number of hydrogen-bond acceptors (Lipinski definition) is 2. The molecule has 0 fully saturated rings. The molecule has 86 valence electrons. The molecule has 0 aliphatic rings. The molecule has 0 bridgehead atoms. The van der Waals surface area contributed by atoms with Crippen LogP contribution in [0.3, 0.4) is 0 Å². The summed E-state index contributed by atoms with van der Waals surface area (Å²) in [5.74, 6) is -1.23. The molecular formula is C11H5F2IN2S. The van der Waals surface area contributed by atoms with Gasteiger partial charge in [-0.2, -0.15) is 0 Å². The van der Waals surface area contributed by atoms with E-state index in [9.17, 15) is 8.78 Å². The molecule has 0 radical (unpaired) electrons. The Balaban J connectivity index is 2.23. The van der Waals surface area contributed by atoms with E-state index in [1.165, 1.54) is 6.07 Å². The van der Waals surface area contributed by atoms with Crippen molar-refractivity contribution in [3.05, 3.63) is 38.1 Å². The highest BCUT2D eigenvalue weighted by molar-refractivity contribution is 14.1. The van der Waals surface area contributed by atoms with Crippen molar-refractivity contribution >= 4 is 45.0 Å². The first-order valence-electron chi connectivity index (χ1n) is 4.73. The molecule has 1 aromatic carbocycles. The largest absolute Gasteiger partial charge is 0.338 e. The molecule has 3 rings (SSSR count). The van der Waals surface area contributed by atoms with Crippen LogP contribution in [0, 0.1) is 14.5 Å². The van der Waals surface area contributed by atoms with E-state index in [0.717, 1.165) is 14.5 Å². The van der Waals surface area contributed by atoms with Crippen molar-refractivity contribution in [1.29, 1.82) is 0 Å². The van der Waals surface area contributed by atoms with E-state index in [-0.39, 0.29) is 5.52 Å². The van der Waals surface area contributed by atoms with E-state index in [1.807, 2.05) is 11.4 Å². The first-order chi connectivity index (χ1) is 8.15. The molecule has 17 heavy (non-hydrogen) atoms. The topological polar surface area (TPSA) is 28.7 Å². The minimum atomic E-state index is -0.907. The summed E-state index contributed by atoms with van der Waals surface area (Å²) in [6.45, 7) is 0. The molecule has 0 saturated heterocycles. The van der Waals surface area contributed by atoms with Gasteiger partial charge in [0.05, 0.1) is 8.40 Å². The Morgan fingerprint density at radius 1 is 1.29 bits per heavy atom. The molecule has 0 amide bonds. The minimum absolute atomic E-state index is 0.0428. The van der Waals surface area contributed by atoms with Gasteiger partial charge in [0.2, 0.25) is 0 Å². The van der Waals surface area contributed by atoms with Crippen LogP contribution in [0.4, 0.5) is 8.78 Å². The van der Waals surface area contributed by atoms with E-state index >= 15 is 0 Å². The van der Waals surface area contributed by atoms with Gasteiger partial charge >= 0.3 is 0 Å². The summed E-state index contributed by atoms with van der Waals surface area (Å²) in [6, 6.07) is 4.52. The third kappa shape index (κ3) is 1.85. The zero-order valence-corrected chi connectivity index (χ0v) is 11.3. The van der Waals surface area contributed by atoms with E-state index in [1.54, 1.807) is 11.3 Å². The number of rotatable bonds is 1. The van der Waals surface area contributed by atoms with Gasteiger partial charge in [0.25, 0.3) is 0 Å². The van der Waals surface area contributed by atoms with Crippen molar-refractivity contribution in [1.82, 2.24) is 9.97 Å². The fraction of sp³-hybridized carbons (Fsp3) is 0. The Morgan fingerprint density at radius 2 is 2.12 bits per heavy atom. The first-order valence-corrected chi connectivity index (χ1v) is 6.69. The third-order valence-electron chi connectivity index (χ3n) is 2.39. The van der Waals surface area contributed by atoms with Crippen LogP contribution in [0.2, 0.25) is 0 Å². The molecule has 3 aromatic rings. The number of thiophene rings is 1. The van der Waals surface area contributed by atoms with Crippen LogP contribution in [0.25, 0.3) is 22.4 Å². The second-order valence-electron chi connectivity index (χ2n) is 3.48. The number of fused-ring (bicyclic) bond motifs is 1. The van der Waals surface area contributed by atoms with Crippen LogP contribution in [0.5, 0.6) is 0 Å². The predicted molar refractivity (Wildman–Crippen MR) is 72.0 cm³/mol. The van der Waals surface area contributed by atoms with E-state index in [4.69, 9.17) is 0 Å². The van der Waals surface area contributed by atoms with Gasteiger partial charge < -0.3 is 4.98 Å². The van der Waals surface area contributed by atoms with Gasteiger partial charge in [-0.3, -0.25) is 0 Å². The Hall–Kier alpha value is -1.02. The summed E-state index contributed by atoms with van der Waals surface area (Å²) in [7, 11) is 0. The van der Waals surface area contributed by atoms with Crippen molar-refractivity contribution in [3.63, 3.8) is 0 Å². The monoisotopic (exact) mass is 362 g/mol. The highest BCUT2D eigenvalue weighted by Crippen LogP contribution is 2.27. The second-order valence-corrected chi connectivity index (χ2v) is 6.29. The lowest BCUT2D eigenvalue weighted by atomic mass is 10.3. The average Bonchev–Trinajstić information content (AvgIpc) is 2.90. The fourth-order valence-corrected chi connectivity index (χ4v) is 2.92. The zero-order chi connectivity index (χ0) is 12.0. The molecule has 0 spiro atoms. The van der Waals surface area contributed by atoms with Gasteiger partial charge in [-0.25, -0.2) is 13.8 Å². The lowest BCUT2D eigenvalue weighted by molar-refractivity contribution is 0.515. The number of nitrogens with one attached hydrogen (secondary N) is 1. The van der Waals surface area contributed by atoms with Crippen LogP contribution in [0.1, 0.15) is 0 Å². The maximum atomic E-state index is 13.5. The Morgan fingerprint density at radius 3 is 2.82 bits per heavy atom. The molecule has 0 unspecified atom stereocenters. The number of nitrogens with zero attached hydrogens (tertiary/aromatic N) is 1. The number of benzene rings is 1. The summed E-state index contributed by atoms with van der Waals surface area (Å²) < 4.78 is 27.6. The first kappa shape index (κ1) is 11.1. The van der Waals surface area contributed by atoms with E-state index in [2.05, 4.69) is 32.6 Å². The lowest BCUT2D eigenvalue weighted by Gasteiger charge is -1.91. The average molecular weight is 362 g/mol. The summed E-state index contributed by atoms with van der Waals surface area (Å²) in [4.78, 5) is 7.07. The van der Waals surface area contributed by atoms with Crippen LogP contribution in [-0.4, -0.2) is 9.97 Å². The molecule has 0 aliphatic carbocycles. The quantitative estimate of drug-likeness (QED) is 0.647. The molecule has 2 nitrogen and oxygen atoms in total. The van der Waals surface area contributed by atoms with Crippen molar-refractivity contribution < 1.29 is 8.78 Å². The van der Waals surface area contributed by atoms with Gasteiger partial charge in [0.1, 0.15) is 11.3 Å². The summed E-state index contributed by atoms with van der Waals surface area (Å²) in [6.07, 6.45) is 0. The Bertz CT molecular complexity index is 705. The highest BCUT2D eigenvalue weighted by Gasteiger charge is 2.13. The van der Waals surface area contributed by atoms with Gasteiger partial charge in [-0.1, -0.05) is 0 Å². The molecule has 2 aromatic heterocycles. The summed E-state index contributed by atoms with van der Waals surface area (Å²) >= 11 is 3.78. The standard InChI is InChI=1S/C11H5F2IN2S/c12-6-1-2-7-10(9(6)13)16-11(15-7)5-3-8(14)17-4-5/h1-4H,(H,15,16). The van der Waals surface area contributed by atoms with Gasteiger partial charge in [-0.15, -0.1) is 11.3 Å². The van der Waals surface area contributed by atoms with Crippen molar-refractivity contribution in [2.75, 3.05) is 0 Å². The SMILES string of the molecule is Fc1ccc2[nH]c(-c3csc(I)c3)nc2c1F. The van der Waals surface area contributed by atoms with Gasteiger partial charge in [0, 0.05) is 10.9 Å². The molecule has 1 N–H and O–H groups in total. The smallest absolute Gasteiger partial charge is 0.186 e. The molecule has 0 atom stereocenters. The van der Waals surface area contributed by atoms with Crippen molar-refractivity contribution in [2.24, 2.45) is 0 Å². The van der Waals surface area contributed by atoms with E-state index < -0.39 is 11.6 Å². The normalized spacial score (nSPS) is 11.2. The highest BCUT2D eigenvalue weighted by atomic mass is 127. The third-order valence-corrected chi connectivity index (χ3v) is 4.18. The summed E-state index contributed by atoms with van der Waals surface area (Å²) in [5, 5.41) is 1.92. The maximum Gasteiger partial charge on any atom is 0.186 e. The number of halogens is 3. The number of H-pyrrole nitrogens is 1. The Kier molecular flexibility index (Phi) is 2.62. The van der Waals surface area contributed by atoms with Crippen molar-refractivity contribution in [2.45, 2.75) is 0 Å².